The highest BCUT2D eigenvalue weighted by Gasteiger charge is 2.79. The van der Waals surface area contributed by atoms with Crippen LogP contribution in [0.25, 0.3) is 0 Å². The third-order valence-electron chi connectivity index (χ3n) is 10.2. The van der Waals surface area contributed by atoms with E-state index in [1.807, 2.05) is 0 Å². The largest absolute Gasteiger partial charge is 0.469 e. The van der Waals surface area contributed by atoms with E-state index >= 15 is 0 Å². The highest BCUT2D eigenvalue weighted by molar-refractivity contribution is 5.97. The van der Waals surface area contributed by atoms with E-state index in [2.05, 4.69) is 11.5 Å². The normalized spacial score (nSPS) is 46.7. The monoisotopic (exact) mass is 428 g/mol. The summed E-state index contributed by atoms with van der Waals surface area (Å²) in [6.07, 6.45) is 5.03. The van der Waals surface area contributed by atoms with E-state index in [4.69, 9.17) is 9.47 Å². The molecule has 6 heteroatoms. The van der Waals surface area contributed by atoms with Crippen LogP contribution in [-0.2, 0) is 19.1 Å². The SMILES string of the molecule is COC(=O)[C@@H]1C[C@]23C4=C(CC[C@@H]5C[N+]6=C2[C@H](C[C@@H](O)[C@@]53COC(C)=O)[C@@H](C)C6)CC[C@@H]41. The van der Waals surface area contributed by atoms with Gasteiger partial charge in [-0.25, -0.2) is 4.58 Å². The highest BCUT2D eigenvalue weighted by atomic mass is 16.5. The van der Waals surface area contributed by atoms with Gasteiger partial charge in [0.15, 0.2) is 5.71 Å². The van der Waals surface area contributed by atoms with Gasteiger partial charge in [0.2, 0.25) is 0 Å². The Morgan fingerprint density at radius 2 is 1.97 bits per heavy atom. The molecule has 4 aliphatic carbocycles. The molecule has 8 atom stereocenters. The Bertz CT molecular complexity index is 936. The molecule has 1 N–H and O–H groups in total. The van der Waals surface area contributed by atoms with Crippen LogP contribution in [0.4, 0.5) is 0 Å². The van der Waals surface area contributed by atoms with Crippen molar-refractivity contribution in [1.29, 1.82) is 0 Å². The van der Waals surface area contributed by atoms with E-state index in [-0.39, 0.29) is 41.7 Å². The van der Waals surface area contributed by atoms with Gasteiger partial charge in [-0.05, 0) is 50.0 Å². The van der Waals surface area contributed by atoms with Crippen molar-refractivity contribution in [3.8, 4) is 0 Å². The van der Waals surface area contributed by atoms with Gasteiger partial charge in [-0.1, -0.05) is 12.5 Å². The van der Waals surface area contributed by atoms with Gasteiger partial charge in [-0.2, -0.15) is 0 Å². The number of hydrogen-bond acceptors (Lipinski definition) is 5. The number of methoxy groups -OCH3 is 1. The minimum Gasteiger partial charge on any atom is -0.469 e. The quantitative estimate of drug-likeness (QED) is 0.424. The van der Waals surface area contributed by atoms with E-state index in [9.17, 15) is 14.7 Å². The molecule has 6 rings (SSSR count). The van der Waals surface area contributed by atoms with E-state index in [0.717, 1.165) is 45.2 Å². The zero-order chi connectivity index (χ0) is 21.7. The second kappa shape index (κ2) is 6.43. The Morgan fingerprint density at radius 1 is 1.19 bits per heavy atom. The van der Waals surface area contributed by atoms with Gasteiger partial charge < -0.3 is 14.6 Å². The predicted octanol–water partition coefficient (Wildman–Crippen LogP) is 2.33. The van der Waals surface area contributed by atoms with Gasteiger partial charge in [0.1, 0.15) is 19.7 Å². The molecule has 0 unspecified atom stereocenters. The molecule has 0 aromatic carbocycles. The summed E-state index contributed by atoms with van der Waals surface area (Å²) in [6, 6.07) is 0. The van der Waals surface area contributed by atoms with E-state index in [1.54, 1.807) is 0 Å². The van der Waals surface area contributed by atoms with Crippen molar-refractivity contribution in [2.45, 2.75) is 58.5 Å². The minimum absolute atomic E-state index is 0.116. The fourth-order valence-corrected chi connectivity index (χ4v) is 9.27. The molecule has 0 radical (unpaired) electrons. The first-order valence-corrected chi connectivity index (χ1v) is 12.1. The van der Waals surface area contributed by atoms with E-state index in [0.29, 0.717) is 18.3 Å². The maximum Gasteiger partial charge on any atom is 0.309 e. The summed E-state index contributed by atoms with van der Waals surface area (Å²) in [5.74, 6) is 0.714. The molecular weight excluding hydrogens is 394 g/mol. The summed E-state index contributed by atoms with van der Waals surface area (Å²) < 4.78 is 13.7. The van der Waals surface area contributed by atoms with Crippen LogP contribution < -0.4 is 0 Å². The average Bonchev–Trinajstić information content (AvgIpc) is 3.37. The summed E-state index contributed by atoms with van der Waals surface area (Å²) in [7, 11) is 1.49. The first-order chi connectivity index (χ1) is 14.8. The maximum atomic E-state index is 13.0. The molecule has 2 heterocycles. The van der Waals surface area contributed by atoms with Gasteiger partial charge in [-0.15, -0.1) is 0 Å². The standard InChI is InChI=1S/C25H34NO5/c1-13-10-26-11-16-6-4-15-5-7-17-19(23(29)30-3)9-24(21(15)17)22(26)18(13)8-20(28)25(16,24)12-31-14(2)27/h13,16-20,28H,4-12H2,1-3H3/q+1/t13-,16+,17+,18+,19+,20+,24-,25+/m0/s1. The molecule has 2 aliphatic heterocycles. The smallest absolute Gasteiger partial charge is 0.309 e. The number of aliphatic hydroxyl groups is 1. The van der Waals surface area contributed by atoms with Crippen molar-refractivity contribution < 1.29 is 28.7 Å². The van der Waals surface area contributed by atoms with Crippen molar-refractivity contribution in [2.24, 2.45) is 40.4 Å². The summed E-state index contributed by atoms with van der Waals surface area (Å²) >= 11 is 0. The summed E-state index contributed by atoms with van der Waals surface area (Å²) in [4.78, 5) is 25.0. The number of esters is 2. The molecule has 4 bridgehead atoms. The third-order valence-corrected chi connectivity index (χ3v) is 10.2. The van der Waals surface area contributed by atoms with Crippen molar-refractivity contribution in [1.82, 2.24) is 0 Å². The van der Waals surface area contributed by atoms with Crippen LogP contribution in [0.3, 0.4) is 0 Å². The molecule has 2 saturated carbocycles. The van der Waals surface area contributed by atoms with Gasteiger partial charge >= 0.3 is 11.9 Å². The predicted molar refractivity (Wildman–Crippen MR) is 112 cm³/mol. The maximum absolute atomic E-state index is 13.0. The second-order valence-electron chi connectivity index (χ2n) is 11.1. The van der Waals surface area contributed by atoms with Crippen LogP contribution in [0.1, 0.15) is 52.4 Å². The zero-order valence-corrected chi connectivity index (χ0v) is 18.9. The molecule has 0 amide bonds. The Labute approximate surface area is 183 Å². The van der Waals surface area contributed by atoms with Crippen molar-refractivity contribution >= 4 is 17.7 Å². The number of carbonyl (C=O) groups excluding carboxylic acids is 2. The van der Waals surface area contributed by atoms with Gasteiger partial charge in [0.25, 0.3) is 0 Å². The van der Waals surface area contributed by atoms with Crippen LogP contribution >= 0.6 is 0 Å². The van der Waals surface area contributed by atoms with Crippen molar-refractivity contribution in [3.05, 3.63) is 11.1 Å². The molecular formula is C25H34NO5+. The van der Waals surface area contributed by atoms with Crippen LogP contribution in [0.15, 0.2) is 11.1 Å². The number of ether oxygens (including phenoxy) is 2. The van der Waals surface area contributed by atoms with E-state index in [1.165, 1.54) is 30.9 Å². The fraction of sp³-hybridized carbons (Fsp3) is 0.800. The van der Waals surface area contributed by atoms with Crippen molar-refractivity contribution in [2.75, 3.05) is 26.8 Å². The molecule has 6 nitrogen and oxygen atoms in total. The number of hydrogen-bond donors (Lipinski definition) is 1. The number of carbonyl (C=O) groups is 2. The zero-order valence-electron chi connectivity index (χ0n) is 18.9. The number of aliphatic hydroxyl groups excluding tert-OH is 1. The van der Waals surface area contributed by atoms with Gasteiger partial charge in [0, 0.05) is 18.8 Å². The summed E-state index contributed by atoms with van der Waals surface area (Å²) in [5.41, 5.74) is 3.52. The summed E-state index contributed by atoms with van der Waals surface area (Å²) in [6.45, 7) is 5.99. The van der Waals surface area contributed by atoms with Crippen LogP contribution in [-0.4, -0.2) is 60.2 Å². The molecule has 1 spiro atoms. The first kappa shape index (κ1) is 20.0. The Balaban J connectivity index is 1.64. The lowest BCUT2D eigenvalue weighted by Crippen LogP contribution is -2.69. The lowest BCUT2D eigenvalue weighted by atomic mass is 9.44. The molecule has 0 aromatic heterocycles. The molecule has 0 saturated heterocycles. The van der Waals surface area contributed by atoms with Crippen LogP contribution in [0, 0.1) is 40.4 Å². The lowest BCUT2D eigenvalue weighted by molar-refractivity contribution is -0.550. The van der Waals surface area contributed by atoms with Crippen molar-refractivity contribution in [3.63, 3.8) is 0 Å². The highest BCUT2D eigenvalue weighted by Crippen LogP contribution is 2.74. The Kier molecular flexibility index (Phi) is 4.14. The van der Waals surface area contributed by atoms with Crippen LogP contribution in [0.5, 0.6) is 0 Å². The molecule has 168 valence electrons. The third kappa shape index (κ3) is 2.20. The molecule has 31 heavy (non-hydrogen) atoms. The molecule has 6 aliphatic rings. The van der Waals surface area contributed by atoms with Gasteiger partial charge in [-0.3, -0.25) is 9.59 Å². The Morgan fingerprint density at radius 3 is 2.71 bits per heavy atom. The number of allylic oxidation sites excluding steroid dienone is 2. The first-order valence-electron chi connectivity index (χ1n) is 12.1. The summed E-state index contributed by atoms with van der Waals surface area (Å²) in [5, 5.41) is 11.9. The second-order valence-corrected chi connectivity index (χ2v) is 11.1. The molecule has 0 aromatic rings. The molecule has 2 fully saturated rings. The van der Waals surface area contributed by atoms with Gasteiger partial charge in [0.05, 0.1) is 35.9 Å². The topological polar surface area (TPSA) is 75.8 Å². The number of nitrogens with zero attached hydrogens (tertiary/aromatic N) is 1. The van der Waals surface area contributed by atoms with Crippen LogP contribution in [0.2, 0.25) is 0 Å². The lowest BCUT2D eigenvalue weighted by Gasteiger charge is -2.59. The van der Waals surface area contributed by atoms with E-state index < -0.39 is 11.5 Å². The Hall–Kier alpha value is -1.69. The number of rotatable bonds is 3. The fourth-order valence-electron chi connectivity index (χ4n) is 9.27. The minimum atomic E-state index is -0.534. The average molecular weight is 429 g/mol.